The molecule has 1 heterocycles. The van der Waals surface area contributed by atoms with E-state index in [-0.39, 0.29) is 5.41 Å². The molecular weight excluding hydrogens is 206 g/mol. The first-order valence-corrected chi connectivity index (χ1v) is 6.11. The smallest absolute Gasteiger partial charge is 0.178 e. The van der Waals surface area contributed by atoms with Crippen molar-refractivity contribution in [1.82, 2.24) is 4.98 Å². The molecule has 3 heteroatoms. The predicted octanol–water partition coefficient (Wildman–Crippen LogP) is 3.21. The summed E-state index contributed by atoms with van der Waals surface area (Å²) in [7, 11) is 0. The van der Waals surface area contributed by atoms with Crippen molar-refractivity contribution in [3.63, 3.8) is 0 Å². The predicted molar refractivity (Wildman–Crippen MR) is 62.6 cm³/mol. The maximum atomic E-state index is 10.7. The van der Waals surface area contributed by atoms with Crippen LogP contribution in [0.3, 0.4) is 0 Å². The standard InChI is InChI=1S/C12H17NOS/c1-11(2)5-8-10(12(3,4)7-11)15-9(6-14)13-8/h6H,5,7H2,1-4H3. The number of hydrogen-bond acceptors (Lipinski definition) is 3. The zero-order valence-electron chi connectivity index (χ0n) is 9.76. The Kier molecular flexibility index (Phi) is 2.26. The van der Waals surface area contributed by atoms with Gasteiger partial charge in [0.15, 0.2) is 11.3 Å². The second-order valence-corrected chi connectivity index (χ2v) is 6.88. The summed E-state index contributed by atoms with van der Waals surface area (Å²) in [5.41, 5.74) is 1.60. The number of thiazole rings is 1. The van der Waals surface area contributed by atoms with Crippen LogP contribution in [0.25, 0.3) is 0 Å². The van der Waals surface area contributed by atoms with E-state index in [9.17, 15) is 4.79 Å². The third kappa shape index (κ3) is 1.85. The fourth-order valence-electron chi connectivity index (χ4n) is 2.86. The summed E-state index contributed by atoms with van der Waals surface area (Å²) >= 11 is 1.56. The molecule has 0 aromatic carbocycles. The Labute approximate surface area is 94.7 Å². The van der Waals surface area contributed by atoms with Crippen LogP contribution in [0.1, 0.15) is 54.5 Å². The molecule has 2 rings (SSSR count). The first-order chi connectivity index (χ1) is 6.84. The number of nitrogens with zero attached hydrogens (tertiary/aromatic N) is 1. The summed E-state index contributed by atoms with van der Waals surface area (Å²) < 4.78 is 0. The SMILES string of the molecule is CC1(C)Cc2nc(C=O)sc2C(C)(C)C1. The Bertz CT molecular complexity index is 404. The van der Waals surface area contributed by atoms with Crippen LogP contribution in [0.4, 0.5) is 0 Å². The Morgan fingerprint density at radius 2 is 2.00 bits per heavy atom. The van der Waals surface area contributed by atoms with Crippen LogP contribution in [0.2, 0.25) is 0 Å². The molecule has 0 spiro atoms. The van der Waals surface area contributed by atoms with Gasteiger partial charge in [-0.3, -0.25) is 4.79 Å². The summed E-state index contributed by atoms with van der Waals surface area (Å²) in [6.07, 6.45) is 3.02. The summed E-state index contributed by atoms with van der Waals surface area (Å²) in [4.78, 5) is 16.5. The van der Waals surface area contributed by atoms with Gasteiger partial charge in [-0.1, -0.05) is 27.7 Å². The highest BCUT2D eigenvalue weighted by atomic mass is 32.1. The van der Waals surface area contributed by atoms with Gasteiger partial charge in [-0.25, -0.2) is 4.98 Å². The van der Waals surface area contributed by atoms with E-state index in [1.807, 2.05) is 0 Å². The summed E-state index contributed by atoms with van der Waals surface area (Å²) in [5, 5.41) is 0.630. The molecule has 0 N–H and O–H groups in total. The maximum Gasteiger partial charge on any atom is 0.178 e. The monoisotopic (exact) mass is 223 g/mol. The molecule has 0 bridgehead atoms. The highest BCUT2D eigenvalue weighted by Gasteiger charge is 2.39. The van der Waals surface area contributed by atoms with Gasteiger partial charge in [0.25, 0.3) is 0 Å². The molecule has 0 radical (unpaired) electrons. The molecule has 1 aliphatic carbocycles. The van der Waals surface area contributed by atoms with Crippen molar-refractivity contribution in [1.29, 1.82) is 0 Å². The third-order valence-electron chi connectivity index (χ3n) is 3.00. The first-order valence-electron chi connectivity index (χ1n) is 5.29. The van der Waals surface area contributed by atoms with Crippen molar-refractivity contribution in [2.24, 2.45) is 5.41 Å². The summed E-state index contributed by atoms with van der Waals surface area (Å²) in [6, 6.07) is 0. The van der Waals surface area contributed by atoms with Crippen LogP contribution < -0.4 is 0 Å². The molecule has 0 saturated carbocycles. The lowest BCUT2D eigenvalue weighted by Gasteiger charge is -2.39. The lowest BCUT2D eigenvalue weighted by atomic mass is 9.67. The van der Waals surface area contributed by atoms with Gasteiger partial charge < -0.3 is 0 Å². The van der Waals surface area contributed by atoms with Crippen molar-refractivity contribution < 1.29 is 4.79 Å². The van der Waals surface area contributed by atoms with Gasteiger partial charge >= 0.3 is 0 Å². The van der Waals surface area contributed by atoms with Gasteiger partial charge in [0, 0.05) is 10.3 Å². The fraction of sp³-hybridized carbons (Fsp3) is 0.667. The molecule has 0 fully saturated rings. The van der Waals surface area contributed by atoms with E-state index in [0.717, 1.165) is 24.8 Å². The van der Waals surface area contributed by atoms with Gasteiger partial charge in [0.1, 0.15) is 0 Å². The third-order valence-corrected chi connectivity index (χ3v) is 4.38. The number of fused-ring (bicyclic) bond motifs is 1. The average Bonchev–Trinajstić information content (AvgIpc) is 2.44. The van der Waals surface area contributed by atoms with Gasteiger partial charge in [-0.05, 0) is 18.3 Å². The topological polar surface area (TPSA) is 30.0 Å². The molecule has 1 aromatic rings. The van der Waals surface area contributed by atoms with Crippen LogP contribution in [0.15, 0.2) is 0 Å². The number of rotatable bonds is 1. The van der Waals surface area contributed by atoms with Crippen LogP contribution in [0.5, 0.6) is 0 Å². The minimum atomic E-state index is 0.163. The van der Waals surface area contributed by atoms with Crippen molar-refractivity contribution in [3.8, 4) is 0 Å². The second kappa shape index (κ2) is 3.14. The number of hydrogen-bond donors (Lipinski definition) is 0. The van der Waals surface area contributed by atoms with Crippen molar-refractivity contribution in [3.05, 3.63) is 15.6 Å². The lowest BCUT2D eigenvalue weighted by Crippen LogP contribution is -2.33. The molecule has 82 valence electrons. The Balaban J connectivity index is 2.52. The molecule has 0 unspecified atom stereocenters. The van der Waals surface area contributed by atoms with Crippen molar-refractivity contribution >= 4 is 17.6 Å². The highest BCUT2D eigenvalue weighted by molar-refractivity contribution is 7.13. The quantitative estimate of drug-likeness (QED) is 0.684. The van der Waals surface area contributed by atoms with Gasteiger partial charge in [-0.15, -0.1) is 11.3 Å². The largest absolute Gasteiger partial charge is 0.295 e. The molecule has 15 heavy (non-hydrogen) atoms. The number of aldehydes is 1. The van der Waals surface area contributed by atoms with Gasteiger partial charge in [0.05, 0.1) is 5.69 Å². The summed E-state index contributed by atoms with van der Waals surface area (Å²) in [6.45, 7) is 9.05. The summed E-state index contributed by atoms with van der Waals surface area (Å²) in [5.74, 6) is 0. The maximum absolute atomic E-state index is 10.7. The van der Waals surface area contributed by atoms with E-state index in [4.69, 9.17) is 0 Å². The molecule has 1 aromatic heterocycles. The minimum absolute atomic E-state index is 0.163. The first kappa shape index (κ1) is 10.8. The highest BCUT2D eigenvalue weighted by Crippen LogP contribution is 2.47. The minimum Gasteiger partial charge on any atom is -0.295 e. The molecular formula is C12H17NOS. The normalized spacial score (nSPS) is 22.1. The molecule has 0 aliphatic heterocycles. The van der Waals surface area contributed by atoms with E-state index in [2.05, 4.69) is 32.7 Å². The van der Waals surface area contributed by atoms with E-state index in [1.54, 1.807) is 11.3 Å². The van der Waals surface area contributed by atoms with E-state index in [0.29, 0.717) is 10.4 Å². The van der Waals surface area contributed by atoms with Crippen LogP contribution in [-0.2, 0) is 11.8 Å². The number of carbonyl (C=O) groups excluding carboxylic acids is 1. The zero-order valence-corrected chi connectivity index (χ0v) is 10.6. The van der Waals surface area contributed by atoms with E-state index in [1.165, 1.54) is 4.88 Å². The van der Waals surface area contributed by atoms with E-state index < -0.39 is 0 Å². The second-order valence-electron chi connectivity index (χ2n) is 5.85. The van der Waals surface area contributed by atoms with Crippen molar-refractivity contribution in [2.75, 3.05) is 0 Å². The van der Waals surface area contributed by atoms with Crippen LogP contribution >= 0.6 is 11.3 Å². The molecule has 2 nitrogen and oxygen atoms in total. The fourth-order valence-corrected chi connectivity index (χ4v) is 3.86. The van der Waals surface area contributed by atoms with Crippen LogP contribution in [-0.4, -0.2) is 11.3 Å². The van der Waals surface area contributed by atoms with E-state index >= 15 is 0 Å². The Hall–Kier alpha value is -0.700. The zero-order chi connectivity index (χ0) is 11.3. The molecule has 0 saturated heterocycles. The van der Waals surface area contributed by atoms with Crippen molar-refractivity contribution in [2.45, 2.75) is 46.0 Å². The average molecular weight is 223 g/mol. The number of carbonyl (C=O) groups is 1. The Morgan fingerprint density at radius 3 is 2.60 bits per heavy atom. The van der Waals surface area contributed by atoms with Gasteiger partial charge in [-0.2, -0.15) is 0 Å². The van der Waals surface area contributed by atoms with Crippen LogP contribution in [0, 0.1) is 5.41 Å². The Morgan fingerprint density at radius 1 is 1.33 bits per heavy atom. The lowest BCUT2D eigenvalue weighted by molar-refractivity contribution is 0.112. The number of aromatic nitrogens is 1. The molecule has 1 aliphatic rings. The molecule has 0 atom stereocenters. The van der Waals surface area contributed by atoms with Gasteiger partial charge in [0.2, 0.25) is 0 Å². The molecule has 0 amide bonds.